The lowest BCUT2D eigenvalue weighted by Crippen LogP contribution is -2.37. The minimum absolute atomic E-state index is 0.128. The first-order valence-corrected chi connectivity index (χ1v) is 7.69. The SMILES string of the molecule is COCCN(Cc1c(F)ccc(Br)c1F)C(C)C1CC1. The van der Waals surface area contributed by atoms with Gasteiger partial charge in [0, 0.05) is 31.8 Å². The van der Waals surface area contributed by atoms with E-state index in [1.165, 1.54) is 25.0 Å². The Kier molecular flexibility index (Phi) is 5.52. The minimum atomic E-state index is -0.504. The van der Waals surface area contributed by atoms with Crippen molar-refractivity contribution in [3.63, 3.8) is 0 Å². The summed E-state index contributed by atoms with van der Waals surface area (Å²) in [6.45, 7) is 3.65. The number of rotatable bonds is 7. The van der Waals surface area contributed by atoms with Gasteiger partial charge >= 0.3 is 0 Å². The molecule has 0 bridgehead atoms. The van der Waals surface area contributed by atoms with E-state index >= 15 is 0 Å². The quantitative estimate of drug-likeness (QED) is 0.692. The van der Waals surface area contributed by atoms with Gasteiger partial charge in [-0.15, -0.1) is 0 Å². The Morgan fingerprint density at radius 1 is 1.40 bits per heavy atom. The molecule has 1 unspecified atom stereocenters. The Labute approximate surface area is 127 Å². The van der Waals surface area contributed by atoms with E-state index in [9.17, 15) is 8.78 Å². The Morgan fingerprint density at radius 3 is 2.70 bits per heavy atom. The molecule has 0 aliphatic heterocycles. The zero-order chi connectivity index (χ0) is 14.7. The normalized spacial score (nSPS) is 16.7. The van der Waals surface area contributed by atoms with Gasteiger partial charge in [0.25, 0.3) is 0 Å². The lowest BCUT2D eigenvalue weighted by Gasteiger charge is -2.29. The van der Waals surface area contributed by atoms with E-state index in [0.717, 1.165) is 0 Å². The fourth-order valence-corrected chi connectivity index (χ4v) is 2.80. The molecule has 0 amide bonds. The van der Waals surface area contributed by atoms with Gasteiger partial charge in [-0.2, -0.15) is 0 Å². The number of hydrogen-bond donors (Lipinski definition) is 0. The maximum Gasteiger partial charge on any atom is 0.144 e. The van der Waals surface area contributed by atoms with Gasteiger partial charge in [-0.3, -0.25) is 4.90 Å². The smallest absolute Gasteiger partial charge is 0.144 e. The van der Waals surface area contributed by atoms with Crippen LogP contribution >= 0.6 is 15.9 Å². The highest BCUT2D eigenvalue weighted by atomic mass is 79.9. The van der Waals surface area contributed by atoms with E-state index in [-0.39, 0.29) is 12.1 Å². The summed E-state index contributed by atoms with van der Waals surface area (Å²) in [6, 6.07) is 3.03. The molecule has 1 saturated carbocycles. The highest BCUT2D eigenvalue weighted by molar-refractivity contribution is 9.10. The molecule has 2 rings (SSSR count). The molecule has 0 spiro atoms. The lowest BCUT2D eigenvalue weighted by molar-refractivity contribution is 0.109. The third-order valence-corrected chi connectivity index (χ3v) is 4.58. The summed E-state index contributed by atoms with van der Waals surface area (Å²) in [5, 5.41) is 0. The Bertz CT molecular complexity index is 465. The summed E-state index contributed by atoms with van der Waals surface area (Å²) in [5.41, 5.74) is 0.128. The van der Waals surface area contributed by atoms with E-state index in [0.29, 0.717) is 29.6 Å². The molecule has 0 saturated heterocycles. The molecule has 0 heterocycles. The van der Waals surface area contributed by atoms with Gasteiger partial charge in [-0.25, -0.2) is 8.78 Å². The van der Waals surface area contributed by atoms with Crippen molar-refractivity contribution in [2.45, 2.75) is 32.4 Å². The number of methoxy groups -OCH3 is 1. The summed E-state index contributed by atoms with van der Waals surface area (Å²) in [4.78, 5) is 2.11. The molecule has 1 aliphatic carbocycles. The highest BCUT2D eigenvalue weighted by Crippen LogP contribution is 2.36. The number of hydrogen-bond acceptors (Lipinski definition) is 2. The average molecular weight is 348 g/mol. The van der Waals surface area contributed by atoms with Crippen molar-refractivity contribution in [1.82, 2.24) is 4.90 Å². The molecule has 20 heavy (non-hydrogen) atoms. The maximum atomic E-state index is 14.1. The third kappa shape index (κ3) is 3.77. The van der Waals surface area contributed by atoms with Crippen LogP contribution in [0, 0.1) is 17.6 Å². The number of ether oxygens (including phenoxy) is 1. The molecular formula is C15H20BrF2NO. The molecule has 0 N–H and O–H groups in total. The number of nitrogens with zero attached hydrogens (tertiary/aromatic N) is 1. The summed E-state index contributed by atoms with van der Waals surface area (Å²) in [6.07, 6.45) is 2.40. The van der Waals surface area contributed by atoms with Gasteiger partial charge in [-0.1, -0.05) is 0 Å². The van der Waals surface area contributed by atoms with Gasteiger partial charge < -0.3 is 4.74 Å². The largest absolute Gasteiger partial charge is 0.383 e. The number of benzene rings is 1. The second kappa shape index (κ2) is 6.96. The molecular weight excluding hydrogens is 328 g/mol. The molecule has 0 aromatic heterocycles. The molecule has 1 aromatic carbocycles. The first-order valence-electron chi connectivity index (χ1n) is 6.90. The Morgan fingerprint density at radius 2 is 2.10 bits per heavy atom. The van der Waals surface area contributed by atoms with Crippen LogP contribution in [0.5, 0.6) is 0 Å². The van der Waals surface area contributed by atoms with Gasteiger partial charge in [0.05, 0.1) is 11.1 Å². The van der Waals surface area contributed by atoms with Crippen molar-refractivity contribution >= 4 is 15.9 Å². The standard InChI is InChI=1S/C15H20BrF2NO/c1-10(11-3-4-11)19(7-8-20-2)9-12-14(17)6-5-13(16)15(12)18/h5-6,10-11H,3-4,7-9H2,1-2H3. The van der Waals surface area contributed by atoms with Crippen molar-refractivity contribution in [2.75, 3.05) is 20.3 Å². The molecule has 0 radical (unpaired) electrons. The van der Waals surface area contributed by atoms with Crippen LogP contribution in [0.2, 0.25) is 0 Å². The van der Waals surface area contributed by atoms with Crippen LogP contribution in [0.4, 0.5) is 8.78 Å². The predicted molar refractivity (Wildman–Crippen MR) is 78.5 cm³/mol. The average Bonchev–Trinajstić information content (AvgIpc) is 3.26. The van der Waals surface area contributed by atoms with Crippen LogP contribution in [-0.4, -0.2) is 31.2 Å². The fraction of sp³-hybridized carbons (Fsp3) is 0.600. The number of halogens is 3. The van der Waals surface area contributed by atoms with E-state index in [1.807, 2.05) is 0 Å². The molecule has 1 atom stereocenters. The fourth-order valence-electron chi connectivity index (χ4n) is 2.43. The first-order chi connectivity index (χ1) is 9.54. The second-order valence-corrected chi connectivity index (χ2v) is 6.22. The molecule has 1 fully saturated rings. The van der Waals surface area contributed by atoms with Crippen molar-refractivity contribution in [3.8, 4) is 0 Å². The van der Waals surface area contributed by atoms with Gasteiger partial charge in [0.1, 0.15) is 11.6 Å². The van der Waals surface area contributed by atoms with E-state index in [1.54, 1.807) is 7.11 Å². The zero-order valence-electron chi connectivity index (χ0n) is 11.8. The first kappa shape index (κ1) is 15.9. The van der Waals surface area contributed by atoms with Crippen LogP contribution in [0.3, 0.4) is 0 Å². The second-order valence-electron chi connectivity index (χ2n) is 5.36. The summed E-state index contributed by atoms with van der Waals surface area (Å²) < 4.78 is 33.4. The molecule has 2 nitrogen and oxygen atoms in total. The van der Waals surface area contributed by atoms with Crippen LogP contribution < -0.4 is 0 Å². The van der Waals surface area contributed by atoms with Crippen molar-refractivity contribution in [1.29, 1.82) is 0 Å². The van der Waals surface area contributed by atoms with Crippen LogP contribution in [0.15, 0.2) is 16.6 Å². The maximum absolute atomic E-state index is 14.1. The molecule has 5 heteroatoms. The summed E-state index contributed by atoms with van der Waals surface area (Å²) in [7, 11) is 1.64. The van der Waals surface area contributed by atoms with E-state index in [2.05, 4.69) is 27.8 Å². The van der Waals surface area contributed by atoms with E-state index in [4.69, 9.17) is 4.74 Å². The topological polar surface area (TPSA) is 12.5 Å². The lowest BCUT2D eigenvalue weighted by atomic mass is 10.1. The van der Waals surface area contributed by atoms with Crippen molar-refractivity contribution < 1.29 is 13.5 Å². The summed E-state index contributed by atoms with van der Waals surface area (Å²) in [5.74, 6) is -0.350. The van der Waals surface area contributed by atoms with Crippen LogP contribution in [0.1, 0.15) is 25.3 Å². The van der Waals surface area contributed by atoms with Crippen molar-refractivity contribution in [3.05, 3.63) is 33.8 Å². The van der Waals surface area contributed by atoms with Gasteiger partial charge in [0.2, 0.25) is 0 Å². The molecule has 1 aliphatic rings. The zero-order valence-corrected chi connectivity index (χ0v) is 13.4. The predicted octanol–water partition coefficient (Wildman–Crippen LogP) is 3.97. The summed E-state index contributed by atoms with van der Waals surface area (Å²) >= 11 is 3.12. The van der Waals surface area contributed by atoms with Crippen LogP contribution in [0.25, 0.3) is 0 Å². The highest BCUT2D eigenvalue weighted by Gasteiger charge is 2.32. The van der Waals surface area contributed by atoms with Gasteiger partial charge in [-0.05, 0) is 53.7 Å². The Hall–Kier alpha value is -0.520. The Balaban J connectivity index is 2.16. The molecule has 1 aromatic rings. The molecule has 112 valence electrons. The van der Waals surface area contributed by atoms with E-state index < -0.39 is 11.6 Å². The third-order valence-electron chi connectivity index (χ3n) is 3.96. The van der Waals surface area contributed by atoms with Gasteiger partial charge in [0.15, 0.2) is 0 Å². The van der Waals surface area contributed by atoms with Crippen molar-refractivity contribution in [2.24, 2.45) is 5.92 Å². The minimum Gasteiger partial charge on any atom is -0.383 e. The monoisotopic (exact) mass is 347 g/mol. The van der Waals surface area contributed by atoms with Crippen LogP contribution in [-0.2, 0) is 11.3 Å².